The van der Waals surface area contributed by atoms with E-state index in [1.54, 1.807) is 0 Å². The molecule has 1 heterocycles. The van der Waals surface area contributed by atoms with Gasteiger partial charge < -0.3 is 4.90 Å². The second kappa shape index (κ2) is 3.72. The van der Waals surface area contributed by atoms with Gasteiger partial charge in [0.2, 0.25) is 5.91 Å². The van der Waals surface area contributed by atoms with Crippen molar-refractivity contribution in [3.8, 4) is 0 Å². The standard InChI is InChI=1S/C15H28N2O/c1-8-10-16-15(7,9-2)12(18)17(10)11-13(3,4)14(11,5)6/h10-11,16H,8-9H2,1-7H3. The van der Waals surface area contributed by atoms with Crippen LogP contribution in [-0.2, 0) is 4.79 Å². The van der Waals surface area contributed by atoms with Crippen LogP contribution in [0.3, 0.4) is 0 Å². The van der Waals surface area contributed by atoms with Gasteiger partial charge in [0, 0.05) is 6.04 Å². The average Bonchev–Trinajstić information content (AvgIpc) is 2.56. The summed E-state index contributed by atoms with van der Waals surface area (Å²) in [4.78, 5) is 14.9. The molecule has 18 heavy (non-hydrogen) atoms. The molecule has 1 saturated carbocycles. The highest BCUT2D eigenvalue weighted by Crippen LogP contribution is 2.66. The Labute approximate surface area is 111 Å². The van der Waals surface area contributed by atoms with Crippen molar-refractivity contribution in [1.29, 1.82) is 0 Å². The third kappa shape index (κ3) is 1.49. The summed E-state index contributed by atoms with van der Waals surface area (Å²) >= 11 is 0. The molecule has 0 radical (unpaired) electrons. The molecule has 0 aromatic rings. The van der Waals surface area contributed by atoms with Crippen LogP contribution in [0.25, 0.3) is 0 Å². The molecule has 1 saturated heterocycles. The Kier molecular flexibility index (Phi) is 2.86. The molecular formula is C15H28N2O. The molecule has 0 aromatic carbocycles. The van der Waals surface area contributed by atoms with Gasteiger partial charge in [0.15, 0.2) is 0 Å². The second-order valence-corrected chi connectivity index (χ2v) is 7.31. The first kappa shape index (κ1) is 13.9. The van der Waals surface area contributed by atoms with Crippen LogP contribution >= 0.6 is 0 Å². The fraction of sp³-hybridized carbons (Fsp3) is 0.933. The minimum absolute atomic E-state index is 0.202. The fourth-order valence-electron chi connectivity index (χ4n) is 3.63. The quantitative estimate of drug-likeness (QED) is 0.837. The topological polar surface area (TPSA) is 32.3 Å². The Morgan fingerprint density at radius 2 is 1.61 bits per heavy atom. The first-order chi connectivity index (χ1) is 8.13. The van der Waals surface area contributed by atoms with Crippen LogP contribution < -0.4 is 5.32 Å². The van der Waals surface area contributed by atoms with Crippen LogP contribution in [0.15, 0.2) is 0 Å². The summed E-state index contributed by atoms with van der Waals surface area (Å²) < 4.78 is 0. The van der Waals surface area contributed by atoms with Crippen molar-refractivity contribution in [3.63, 3.8) is 0 Å². The first-order valence-corrected chi connectivity index (χ1v) is 7.24. The Balaban J connectivity index is 2.31. The molecule has 2 atom stereocenters. The third-order valence-electron chi connectivity index (χ3n) is 5.84. The predicted octanol–water partition coefficient (Wildman–Crippen LogP) is 2.76. The lowest BCUT2D eigenvalue weighted by Crippen LogP contribution is -2.43. The van der Waals surface area contributed by atoms with Crippen LogP contribution in [0.5, 0.6) is 0 Å². The van der Waals surface area contributed by atoms with E-state index in [1.165, 1.54) is 0 Å². The van der Waals surface area contributed by atoms with Crippen molar-refractivity contribution in [3.05, 3.63) is 0 Å². The van der Waals surface area contributed by atoms with E-state index >= 15 is 0 Å². The minimum atomic E-state index is -0.366. The summed E-state index contributed by atoms with van der Waals surface area (Å²) in [6, 6.07) is 0.364. The smallest absolute Gasteiger partial charge is 0.244 e. The van der Waals surface area contributed by atoms with Crippen LogP contribution in [0.4, 0.5) is 0 Å². The largest absolute Gasteiger partial charge is 0.321 e. The molecule has 0 spiro atoms. The Hall–Kier alpha value is -0.570. The number of amides is 1. The Morgan fingerprint density at radius 3 is 1.94 bits per heavy atom. The van der Waals surface area contributed by atoms with E-state index in [2.05, 4.69) is 51.8 Å². The Bertz CT molecular complexity index is 361. The highest BCUT2D eigenvalue weighted by Gasteiger charge is 2.70. The first-order valence-electron chi connectivity index (χ1n) is 7.24. The fourth-order valence-corrected chi connectivity index (χ4v) is 3.63. The number of nitrogens with one attached hydrogen (secondary N) is 1. The molecule has 3 heteroatoms. The van der Waals surface area contributed by atoms with Gasteiger partial charge in [-0.15, -0.1) is 0 Å². The van der Waals surface area contributed by atoms with Crippen LogP contribution in [0.1, 0.15) is 61.3 Å². The molecule has 2 fully saturated rings. The predicted molar refractivity (Wildman–Crippen MR) is 74.1 cm³/mol. The summed E-state index contributed by atoms with van der Waals surface area (Å²) in [6.07, 6.45) is 2.03. The van der Waals surface area contributed by atoms with Crippen LogP contribution in [-0.4, -0.2) is 28.6 Å². The summed E-state index contributed by atoms with van der Waals surface area (Å²) in [6.45, 7) is 15.4. The van der Waals surface area contributed by atoms with E-state index in [1.807, 2.05) is 6.92 Å². The second-order valence-electron chi connectivity index (χ2n) is 7.31. The zero-order valence-corrected chi connectivity index (χ0v) is 12.9. The molecule has 2 rings (SSSR count). The number of carbonyl (C=O) groups is 1. The molecule has 1 aliphatic carbocycles. The zero-order valence-electron chi connectivity index (χ0n) is 12.9. The Morgan fingerprint density at radius 1 is 1.11 bits per heavy atom. The monoisotopic (exact) mass is 252 g/mol. The molecule has 0 bridgehead atoms. The summed E-state index contributed by atoms with van der Waals surface area (Å²) in [5, 5.41) is 3.54. The highest BCUT2D eigenvalue weighted by molar-refractivity contribution is 5.89. The van der Waals surface area contributed by atoms with E-state index in [0.29, 0.717) is 11.9 Å². The van der Waals surface area contributed by atoms with Gasteiger partial charge >= 0.3 is 0 Å². The van der Waals surface area contributed by atoms with E-state index in [-0.39, 0.29) is 22.5 Å². The van der Waals surface area contributed by atoms with Gasteiger partial charge in [-0.2, -0.15) is 0 Å². The lowest BCUT2D eigenvalue weighted by Gasteiger charge is -2.26. The molecule has 104 valence electrons. The van der Waals surface area contributed by atoms with Gasteiger partial charge in [-0.25, -0.2) is 0 Å². The highest BCUT2D eigenvalue weighted by atomic mass is 16.2. The van der Waals surface area contributed by atoms with Gasteiger partial charge in [-0.05, 0) is 30.6 Å². The van der Waals surface area contributed by atoms with E-state index < -0.39 is 0 Å². The number of nitrogens with zero attached hydrogens (tertiary/aromatic N) is 1. The van der Waals surface area contributed by atoms with Gasteiger partial charge in [0.1, 0.15) is 0 Å². The van der Waals surface area contributed by atoms with Crippen molar-refractivity contribution in [1.82, 2.24) is 10.2 Å². The zero-order chi connectivity index (χ0) is 13.9. The lowest BCUT2D eigenvalue weighted by atomic mass is 9.99. The van der Waals surface area contributed by atoms with Crippen LogP contribution in [0.2, 0.25) is 0 Å². The molecule has 1 amide bonds. The molecule has 2 aliphatic rings. The van der Waals surface area contributed by atoms with E-state index in [9.17, 15) is 4.79 Å². The molecule has 1 N–H and O–H groups in total. The van der Waals surface area contributed by atoms with Crippen molar-refractivity contribution in [2.24, 2.45) is 10.8 Å². The summed E-state index contributed by atoms with van der Waals surface area (Å²) in [5.74, 6) is 0.292. The van der Waals surface area contributed by atoms with Crippen molar-refractivity contribution < 1.29 is 4.79 Å². The summed E-state index contributed by atoms with van der Waals surface area (Å²) in [7, 11) is 0. The lowest BCUT2D eigenvalue weighted by molar-refractivity contribution is -0.134. The van der Waals surface area contributed by atoms with E-state index in [4.69, 9.17) is 0 Å². The molecule has 3 nitrogen and oxygen atoms in total. The van der Waals surface area contributed by atoms with Crippen molar-refractivity contribution in [2.45, 2.75) is 79.1 Å². The third-order valence-corrected chi connectivity index (χ3v) is 5.84. The maximum Gasteiger partial charge on any atom is 0.244 e. The van der Waals surface area contributed by atoms with Gasteiger partial charge in [-0.1, -0.05) is 41.5 Å². The van der Waals surface area contributed by atoms with Crippen molar-refractivity contribution in [2.75, 3.05) is 0 Å². The normalized spacial score (nSPS) is 38.3. The van der Waals surface area contributed by atoms with Gasteiger partial charge in [0.05, 0.1) is 11.7 Å². The van der Waals surface area contributed by atoms with Gasteiger partial charge in [-0.3, -0.25) is 10.1 Å². The maximum absolute atomic E-state index is 12.7. The SMILES string of the molecule is CCC1NC(C)(CC)C(=O)N1C1C(C)(C)C1(C)C. The maximum atomic E-state index is 12.7. The number of carbonyl (C=O) groups excluding carboxylic acids is 1. The molecule has 2 unspecified atom stereocenters. The average molecular weight is 252 g/mol. The van der Waals surface area contributed by atoms with Gasteiger partial charge in [0.25, 0.3) is 0 Å². The van der Waals surface area contributed by atoms with Crippen LogP contribution in [0, 0.1) is 10.8 Å². The molecular weight excluding hydrogens is 224 g/mol. The summed E-state index contributed by atoms with van der Waals surface area (Å²) in [5.41, 5.74) is 0.0724. The number of hydrogen-bond acceptors (Lipinski definition) is 2. The number of hydrogen-bond donors (Lipinski definition) is 1. The van der Waals surface area contributed by atoms with E-state index in [0.717, 1.165) is 12.8 Å². The number of rotatable bonds is 3. The molecule has 1 aliphatic heterocycles. The van der Waals surface area contributed by atoms with Crippen molar-refractivity contribution >= 4 is 5.91 Å². The molecule has 0 aromatic heterocycles. The minimum Gasteiger partial charge on any atom is -0.321 e.